The molecule has 2 aromatic carbocycles. The molecule has 3 rings (SSSR count). The zero-order valence-electron chi connectivity index (χ0n) is 19.1. The molecule has 0 fully saturated rings. The Morgan fingerprint density at radius 2 is 1.63 bits per heavy atom. The van der Waals surface area contributed by atoms with Crippen molar-refractivity contribution in [3.63, 3.8) is 0 Å². The Kier molecular flexibility index (Phi) is 8.74. The molecule has 3 aromatic rings. The van der Waals surface area contributed by atoms with Gasteiger partial charge in [-0.2, -0.15) is 9.97 Å². The lowest BCUT2D eigenvalue weighted by molar-refractivity contribution is 0.0693. The molecule has 0 unspecified atom stereocenters. The minimum absolute atomic E-state index is 0.0415. The van der Waals surface area contributed by atoms with Gasteiger partial charge in [0.2, 0.25) is 11.8 Å². The molecule has 0 saturated heterocycles. The molecular formula is C22H21ClFN2O7PS. The Bertz CT molecular complexity index is 1260. The normalized spacial score (nSPS) is 11.4. The van der Waals surface area contributed by atoms with Gasteiger partial charge in [-0.05, 0) is 47.5 Å². The lowest BCUT2D eigenvalue weighted by Gasteiger charge is -2.21. The fourth-order valence-corrected chi connectivity index (χ4v) is 6.01. The molecule has 35 heavy (non-hydrogen) atoms. The first-order valence-corrected chi connectivity index (χ1v) is 12.6. The molecule has 1 N–H and O–H groups in total. The minimum atomic E-state index is -3.91. The maximum absolute atomic E-state index is 13.5. The molecule has 0 radical (unpaired) electrons. The number of aromatic nitrogens is 2. The van der Waals surface area contributed by atoms with Crippen molar-refractivity contribution in [3.05, 3.63) is 63.9 Å². The first-order chi connectivity index (χ1) is 16.6. The number of methoxy groups -OCH3 is 2. The van der Waals surface area contributed by atoms with Gasteiger partial charge in [0.1, 0.15) is 5.82 Å². The van der Waals surface area contributed by atoms with Gasteiger partial charge < -0.3 is 23.6 Å². The summed E-state index contributed by atoms with van der Waals surface area (Å²) in [6.45, 7) is 0. The predicted octanol–water partition coefficient (Wildman–Crippen LogP) is 4.84. The quantitative estimate of drug-likeness (QED) is 0.282. The van der Waals surface area contributed by atoms with E-state index in [-0.39, 0.29) is 49.7 Å². The summed E-state index contributed by atoms with van der Waals surface area (Å²) in [4.78, 5) is 20.8. The van der Waals surface area contributed by atoms with E-state index in [0.29, 0.717) is 5.56 Å². The van der Waals surface area contributed by atoms with Crippen LogP contribution in [0.15, 0.2) is 46.5 Å². The van der Waals surface area contributed by atoms with Crippen molar-refractivity contribution >= 4 is 42.2 Å². The number of ether oxygens (including phenoxy) is 2. The van der Waals surface area contributed by atoms with E-state index in [1.807, 2.05) is 0 Å². The number of carboxylic acids is 1. The Hall–Kier alpha value is -2.69. The Morgan fingerprint density at radius 1 is 1.06 bits per heavy atom. The number of hydrogen-bond donors (Lipinski definition) is 1. The summed E-state index contributed by atoms with van der Waals surface area (Å²) in [6, 6.07) is 8.35. The van der Waals surface area contributed by atoms with E-state index < -0.39 is 19.4 Å². The predicted molar refractivity (Wildman–Crippen MR) is 128 cm³/mol. The lowest BCUT2D eigenvalue weighted by atomic mass is 10.0. The van der Waals surface area contributed by atoms with Gasteiger partial charge in [0, 0.05) is 19.1 Å². The maximum Gasteiger partial charge on any atom is 0.361 e. The van der Waals surface area contributed by atoms with Crippen molar-refractivity contribution in [2.45, 2.75) is 16.5 Å². The van der Waals surface area contributed by atoms with Crippen LogP contribution in [0.3, 0.4) is 0 Å². The van der Waals surface area contributed by atoms with Gasteiger partial charge in [-0.25, -0.2) is 9.18 Å². The van der Waals surface area contributed by atoms with Gasteiger partial charge in [-0.15, -0.1) is 0 Å². The smallest absolute Gasteiger partial charge is 0.361 e. The Labute approximate surface area is 210 Å². The number of carboxylic acid groups (broad SMARTS) is 1. The van der Waals surface area contributed by atoms with Crippen LogP contribution in [-0.2, 0) is 20.0 Å². The van der Waals surface area contributed by atoms with Crippen LogP contribution in [-0.4, -0.2) is 49.5 Å². The van der Waals surface area contributed by atoms with Crippen molar-refractivity contribution < 1.29 is 37.4 Å². The number of nitrogens with zero attached hydrogens (tertiary/aromatic N) is 2. The van der Waals surface area contributed by atoms with Crippen LogP contribution in [0.1, 0.15) is 21.5 Å². The first-order valence-electron chi connectivity index (χ1n) is 9.85. The third-order valence-electron chi connectivity index (χ3n) is 4.87. The molecule has 0 aliphatic heterocycles. The molecule has 13 heteroatoms. The Morgan fingerprint density at radius 3 is 2.11 bits per heavy atom. The molecule has 1 aromatic heterocycles. The van der Waals surface area contributed by atoms with Gasteiger partial charge in [0.05, 0.1) is 36.2 Å². The lowest BCUT2D eigenvalue weighted by Crippen LogP contribution is -2.18. The molecule has 0 atom stereocenters. The maximum atomic E-state index is 13.5. The van der Waals surface area contributed by atoms with E-state index in [0.717, 1.165) is 11.8 Å². The van der Waals surface area contributed by atoms with Crippen molar-refractivity contribution in [2.75, 3.05) is 28.4 Å². The van der Waals surface area contributed by atoms with E-state index in [9.17, 15) is 18.9 Å². The summed E-state index contributed by atoms with van der Waals surface area (Å²) in [5.74, 6) is -1.39. The highest BCUT2D eigenvalue weighted by molar-refractivity contribution is 7.99. The average molecular weight is 543 g/mol. The second-order valence-electron chi connectivity index (χ2n) is 6.87. The van der Waals surface area contributed by atoms with Crippen LogP contribution in [0.25, 0.3) is 0 Å². The summed E-state index contributed by atoms with van der Waals surface area (Å²) in [5.41, 5.74) is 0.545. The number of hydrogen-bond acceptors (Lipinski definition) is 9. The Balaban J connectivity index is 2.25. The molecule has 0 bridgehead atoms. The number of halogens is 2. The fourth-order valence-electron chi connectivity index (χ4n) is 3.16. The first kappa shape index (κ1) is 26.9. The zero-order chi connectivity index (χ0) is 25.8. The standard InChI is InChI=1S/C22H21ClFN2O7PS/c1-30-17-11-18(31-2)26-22(25-17)35-16-10-15(34(29,32-3)33-4)14(20(23)19(16)21(27)28)9-12-5-7-13(24)8-6-12/h5-8,10-11H,9H2,1-4H3,(H,27,28). The summed E-state index contributed by atoms with van der Waals surface area (Å²) in [7, 11) is 1.31. The van der Waals surface area contributed by atoms with Gasteiger partial charge in [0.25, 0.3) is 0 Å². The van der Waals surface area contributed by atoms with Crippen molar-refractivity contribution in [3.8, 4) is 11.8 Å². The van der Waals surface area contributed by atoms with Crippen molar-refractivity contribution in [1.82, 2.24) is 9.97 Å². The molecule has 0 spiro atoms. The van der Waals surface area contributed by atoms with Crippen LogP contribution in [0.5, 0.6) is 11.8 Å². The largest absolute Gasteiger partial charge is 0.481 e. The highest BCUT2D eigenvalue weighted by atomic mass is 35.5. The second-order valence-corrected chi connectivity index (χ2v) is 10.5. The van der Waals surface area contributed by atoms with E-state index in [1.54, 1.807) is 0 Å². The molecule has 0 aliphatic rings. The number of carbonyl (C=O) groups is 1. The van der Waals surface area contributed by atoms with Gasteiger partial charge in [-0.3, -0.25) is 4.57 Å². The van der Waals surface area contributed by atoms with Crippen LogP contribution >= 0.6 is 31.0 Å². The van der Waals surface area contributed by atoms with E-state index in [4.69, 9.17) is 30.1 Å². The number of benzene rings is 2. The van der Waals surface area contributed by atoms with Crippen LogP contribution in [0, 0.1) is 5.82 Å². The molecule has 0 aliphatic carbocycles. The van der Waals surface area contributed by atoms with Crippen molar-refractivity contribution in [2.24, 2.45) is 0 Å². The molecule has 9 nitrogen and oxygen atoms in total. The topological polar surface area (TPSA) is 117 Å². The summed E-state index contributed by atoms with van der Waals surface area (Å²) >= 11 is 7.46. The zero-order valence-corrected chi connectivity index (χ0v) is 21.5. The fraction of sp³-hybridized carbons (Fsp3) is 0.227. The number of rotatable bonds is 10. The molecule has 0 saturated carbocycles. The second kappa shape index (κ2) is 11.4. The number of aromatic carboxylic acids is 1. The van der Waals surface area contributed by atoms with Gasteiger partial charge in [0.15, 0.2) is 5.16 Å². The summed E-state index contributed by atoms with van der Waals surface area (Å²) in [6.07, 6.45) is 0.0415. The SMILES string of the molecule is COc1cc(OC)nc(Sc2cc(P(=O)(OC)OC)c(Cc3ccc(F)cc3)c(Cl)c2C(=O)O)n1. The van der Waals surface area contributed by atoms with Gasteiger partial charge >= 0.3 is 13.6 Å². The van der Waals surface area contributed by atoms with E-state index in [2.05, 4.69) is 9.97 Å². The molecule has 1 heterocycles. The van der Waals surface area contributed by atoms with Crippen molar-refractivity contribution in [1.29, 1.82) is 0 Å². The molecular weight excluding hydrogens is 522 g/mol. The van der Waals surface area contributed by atoms with Crippen LogP contribution in [0.4, 0.5) is 4.39 Å². The van der Waals surface area contributed by atoms with Gasteiger partial charge in [-0.1, -0.05) is 23.7 Å². The monoisotopic (exact) mass is 542 g/mol. The van der Waals surface area contributed by atoms with E-state index in [1.165, 1.54) is 64.8 Å². The minimum Gasteiger partial charge on any atom is -0.481 e. The average Bonchev–Trinajstić information content (AvgIpc) is 2.85. The van der Waals surface area contributed by atoms with Crippen LogP contribution < -0.4 is 14.8 Å². The molecule has 0 amide bonds. The highest BCUT2D eigenvalue weighted by Gasteiger charge is 2.33. The third kappa shape index (κ3) is 5.94. The van der Waals surface area contributed by atoms with E-state index >= 15 is 0 Å². The summed E-state index contributed by atoms with van der Waals surface area (Å²) < 4.78 is 47.5. The summed E-state index contributed by atoms with van der Waals surface area (Å²) in [5, 5.41) is 9.97. The molecule has 186 valence electrons. The third-order valence-corrected chi connectivity index (χ3v) is 8.14. The van der Waals surface area contributed by atoms with Crippen LogP contribution in [0.2, 0.25) is 5.02 Å². The highest BCUT2D eigenvalue weighted by Crippen LogP contribution is 2.49.